The number of rotatable bonds is 5. The average molecular weight is 374 g/mol. The van der Waals surface area contributed by atoms with Crippen LogP contribution in [-0.4, -0.2) is 42.6 Å². The first-order chi connectivity index (χ1) is 11.4. The molecule has 0 saturated carbocycles. The smallest absolute Gasteiger partial charge is 0.242 e. The van der Waals surface area contributed by atoms with Gasteiger partial charge in [-0.15, -0.1) is 0 Å². The second-order valence-corrected chi connectivity index (χ2v) is 8.14. The standard InChI is InChI=1S/C14H22N4O4S2/c1-2-24(20,21)18-7-3-5-11(10-18)13(19)16-17-14(23)15-9-12-6-4-8-22-12/h4,6,8,11H,2-3,5,7,9-10H2,1H3,(H,16,19)(H2,15,17,23)/t11-/m0/s1. The van der Waals surface area contributed by atoms with E-state index in [1.54, 1.807) is 25.3 Å². The van der Waals surface area contributed by atoms with Crippen LogP contribution in [0.5, 0.6) is 0 Å². The van der Waals surface area contributed by atoms with Crippen molar-refractivity contribution in [1.82, 2.24) is 20.5 Å². The summed E-state index contributed by atoms with van der Waals surface area (Å²) in [6.07, 6.45) is 2.88. The number of piperidine rings is 1. The molecule has 1 atom stereocenters. The van der Waals surface area contributed by atoms with Gasteiger partial charge >= 0.3 is 0 Å². The fourth-order valence-electron chi connectivity index (χ4n) is 2.44. The molecule has 0 radical (unpaired) electrons. The van der Waals surface area contributed by atoms with Gasteiger partial charge in [-0.2, -0.15) is 0 Å². The Bertz CT molecular complexity index is 660. The van der Waals surface area contributed by atoms with Gasteiger partial charge in [0.2, 0.25) is 15.9 Å². The first-order valence-corrected chi connectivity index (χ1v) is 9.78. The quantitative estimate of drug-likeness (QED) is 0.504. The second kappa shape index (κ2) is 8.45. The predicted molar refractivity (Wildman–Crippen MR) is 93.2 cm³/mol. The fraction of sp³-hybridized carbons (Fsp3) is 0.571. The molecule has 3 N–H and O–H groups in total. The summed E-state index contributed by atoms with van der Waals surface area (Å²) in [6, 6.07) is 3.58. The first-order valence-electron chi connectivity index (χ1n) is 7.76. The maximum Gasteiger partial charge on any atom is 0.242 e. The lowest BCUT2D eigenvalue weighted by atomic mass is 9.99. The second-order valence-electron chi connectivity index (χ2n) is 5.47. The van der Waals surface area contributed by atoms with Gasteiger partial charge in [-0.25, -0.2) is 12.7 Å². The molecule has 24 heavy (non-hydrogen) atoms. The van der Waals surface area contributed by atoms with E-state index in [0.29, 0.717) is 25.9 Å². The van der Waals surface area contributed by atoms with E-state index in [1.165, 1.54) is 4.31 Å². The summed E-state index contributed by atoms with van der Waals surface area (Å²) in [6.45, 7) is 2.68. The third-order valence-electron chi connectivity index (χ3n) is 3.82. The van der Waals surface area contributed by atoms with Gasteiger partial charge in [0, 0.05) is 13.1 Å². The van der Waals surface area contributed by atoms with Crippen molar-refractivity contribution in [3.8, 4) is 0 Å². The van der Waals surface area contributed by atoms with E-state index in [2.05, 4.69) is 16.2 Å². The van der Waals surface area contributed by atoms with Gasteiger partial charge in [-0.05, 0) is 44.1 Å². The van der Waals surface area contributed by atoms with Crippen LogP contribution in [0.1, 0.15) is 25.5 Å². The maximum absolute atomic E-state index is 12.2. The highest BCUT2D eigenvalue weighted by molar-refractivity contribution is 7.89. The Morgan fingerprint density at radius 1 is 1.46 bits per heavy atom. The van der Waals surface area contributed by atoms with E-state index in [1.807, 2.05) is 0 Å². The summed E-state index contributed by atoms with van der Waals surface area (Å²) in [5.74, 6) is 0.104. The topological polar surface area (TPSA) is 104 Å². The Labute approximate surface area is 147 Å². The van der Waals surface area contributed by atoms with Crippen LogP contribution in [0.3, 0.4) is 0 Å². The van der Waals surface area contributed by atoms with E-state index >= 15 is 0 Å². The van der Waals surface area contributed by atoms with Crippen LogP contribution in [-0.2, 0) is 21.4 Å². The Kier molecular flexibility index (Phi) is 6.58. The van der Waals surface area contributed by atoms with Crippen LogP contribution in [0.4, 0.5) is 0 Å². The van der Waals surface area contributed by atoms with Crippen molar-refractivity contribution in [2.24, 2.45) is 5.92 Å². The number of hydrogen-bond acceptors (Lipinski definition) is 5. The van der Waals surface area contributed by atoms with E-state index in [4.69, 9.17) is 16.6 Å². The summed E-state index contributed by atoms with van der Waals surface area (Å²) in [5.41, 5.74) is 5.15. The number of sulfonamides is 1. The Hall–Kier alpha value is -1.65. The minimum absolute atomic E-state index is 0.0420. The highest BCUT2D eigenvalue weighted by Gasteiger charge is 2.31. The zero-order valence-electron chi connectivity index (χ0n) is 13.4. The number of hydrazine groups is 1. The summed E-state index contributed by atoms with van der Waals surface area (Å²) >= 11 is 5.06. The number of carbonyl (C=O) groups is 1. The van der Waals surface area contributed by atoms with Crippen molar-refractivity contribution in [1.29, 1.82) is 0 Å². The zero-order valence-corrected chi connectivity index (χ0v) is 15.1. The van der Waals surface area contributed by atoms with Crippen molar-refractivity contribution in [3.63, 3.8) is 0 Å². The summed E-state index contributed by atoms with van der Waals surface area (Å²) in [5, 5.41) is 3.15. The first kappa shape index (κ1) is 18.7. The van der Waals surface area contributed by atoms with Gasteiger partial charge in [-0.3, -0.25) is 15.6 Å². The van der Waals surface area contributed by atoms with Crippen molar-refractivity contribution < 1.29 is 17.6 Å². The monoisotopic (exact) mass is 374 g/mol. The molecule has 1 aliphatic heterocycles. The van der Waals surface area contributed by atoms with E-state index in [9.17, 15) is 13.2 Å². The molecule has 1 aromatic heterocycles. The Morgan fingerprint density at radius 2 is 2.25 bits per heavy atom. The molecular formula is C14H22N4O4S2. The molecule has 0 aromatic carbocycles. The van der Waals surface area contributed by atoms with Crippen molar-refractivity contribution in [2.75, 3.05) is 18.8 Å². The van der Waals surface area contributed by atoms with Crippen LogP contribution in [0.2, 0.25) is 0 Å². The van der Waals surface area contributed by atoms with Gasteiger partial charge in [0.15, 0.2) is 5.11 Å². The number of furan rings is 1. The van der Waals surface area contributed by atoms with Crippen LogP contribution >= 0.6 is 12.2 Å². The number of amides is 1. The fourth-order valence-corrected chi connectivity index (χ4v) is 3.74. The minimum atomic E-state index is -3.27. The molecule has 1 amide bonds. The van der Waals surface area contributed by atoms with Crippen molar-refractivity contribution in [3.05, 3.63) is 24.2 Å². The molecule has 1 fully saturated rings. The summed E-state index contributed by atoms with van der Waals surface area (Å²) in [7, 11) is -3.27. The molecule has 2 heterocycles. The number of nitrogens with zero attached hydrogens (tertiary/aromatic N) is 1. The molecule has 1 saturated heterocycles. The number of hydrogen-bond donors (Lipinski definition) is 3. The van der Waals surface area contributed by atoms with E-state index in [-0.39, 0.29) is 29.2 Å². The zero-order chi connectivity index (χ0) is 17.6. The third kappa shape index (κ3) is 5.18. The molecule has 134 valence electrons. The van der Waals surface area contributed by atoms with Crippen LogP contribution in [0.25, 0.3) is 0 Å². The van der Waals surface area contributed by atoms with Crippen LogP contribution < -0.4 is 16.2 Å². The lowest BCUT2D eigenvalue weighted by molar-refractivity contribution is -0.126. The lowest BCUT2D eigenvalue weighted by Crippen LogP contribution is -2.52. The maximum atomic E-state index is 12.2. The number of thiocarbonyl (C=S) groups is 1. The van der Waals surface area contributed by atoms with Crippen LogP contribution in [0.15, 0.2) is 22.8 Å². The molecule has 1 aliphatic rings. The molecule has 10 heteroatoms. The Morgan fingerprint density at radius 3 is 2.92 bits per heavy atom. The normalized spacial score (nSPS) is 18.8. The SMILES string of the molecule is CCS(=O)(=O)N1CCC[C@H](C(=O)NNC(=S)NCc2ccco2)C1. The molecule has 0 aliphatic carbocycles. The summed E-state index contributed by atoms with van der Waals surface area (Å²) in [4.78, 5) is 12.2. The summed E-state index contributed by atoms with van der Waals surface area (Å²) < 4.78 is 30.4. The van der Waals surface area contributed by atoms with Gasteiger partial charge in [0.25, 0.3) is 0 Å². The van der Waals surface area contributed by atoms with Gasteiger partial charge in [0.05, 0.1) is 24.5 Å². The van der Waals surface area contributed by atoms with Gasteiger partial charge in [-0.1, -0.05) is 0 Å². The number of nitrogens with one attached hydrogen (secondary N) is 3. The van der Waals surface area contributed by atoms with Crippen molar-refractivity contribution >= 4 is 33.3 Å². The minimum Gasteiger partial charge on any atom is -0.467 e. The van der Waals surface area contributed by atoms with E-state index < -0.39 is 10.0 Å². The molecule has 2 rings (SSSR count). The predicted octanol–water partition coefficient (Wildman–Crippen LogP) is 0.337. The molecule has 0 bridgehead atoms. The van der Waals surface area contributed by atoms with Crippen molar-refractivity contribution in [2.45, 2.75) is 26.3 Å². The lowest BCUT2D eigenvalue weighted by Gasteiger charge is -2.30. The molecule has 1 aromatic rings. The Balaban J connectivity index is 1.76. The average Bonchev–Trinajstić information content (AvgIpc) is 3.11. The highest BCUT2D eigenvalue weighted by Crippen LogP contribution is 2.19. The van der Waals surface area contributed by atoms with Crippen LogP contribution in [0, 0.1) is 5.92 Å². The molecule has 0 spiro atoms. The number of carbonyl (C=O) groups excluding carboxylic acids is 1. The van der Waals surface area contributed by atoms with Gasteiger partial charge in [0.1, 0.15) is 5.76 Å². The largest absolute Gasteiger partial charge is 0.467 e. The third-order valence-corrected chi connectivity index (χ3v) is 5.91. The molecular weight excluding hydrogens is 352 g/mol. The molecule has 8 nitrogen and oxygen atoms in total. The van der Waals surface area contributed by atoms with E-state index in [0.717, 1.165) is 5.76 Å². The molecule has 0 unspecified atom stereocenters. The highest BCUT2D eigenvalue weighted by atomic mass is 32.2. The van der Waals surface area contributed by atoms with Gasteiger partial charge < -0.3 is 9.73 Å².